The molecule has 2 unspecified atom stereocenters. The molecule has 0 bridgehead atoms. The summed E-state index contributed by atoms with van der Waals surface area (Å²) in [4.78, 5) is 12.9. The van der Waals surface area contributed by atoms with Crippen LogP contribution in [0.5, 0.6) is 0 Å². The fourth-order valence-electron chi connectivity index (χ4n) is 2.87. The minimum absolute atomic E-state index is 0.0675. The van der Waals surface area contributed by atoms with Gasteiger partial charge >= 0.3 is 5.97 Å². The lowest BCUT2D eigenvalue weighted by molar-refractivity contribution is -0.153. The molecule has 1 N–H and O–H groups in total. The third-order valence-electron chi connectivity index (χ3n) is 3.94. The number of carbonyl (C=O) groups is 1. The van der Waals surface area contributed by atoms with Crippen molar-refractivity contribution in [3.63, 3.8) is 0 Å². The van der Waals surface area contributed by atoms with E-state index in [1.54, 1.807) is 11.3 Å². The fourth-order valence-corrected chi connectivity index (χ4v) is 3.70. The monoisotopic (exact) mass is 252 g/mol. The Bertz CT molecular complexity index is 410. The van der Waals surface area contributed by atoms with Crippen molar-refractivity contribution < 1.29 is 14.6 Å². The zero-order valence-electron chi connectivity index (χ0n) is 9.59. The molecule has 3 nitrogen and oxygen atoms in total. The van der Waals surface area contributed by atoms with E-state index in [0.717, 1.165) is 17.7 Å². The number of carboxylic acids is 1. The second kappa shape index (κ2) is 4.10. The zero-order valence-corrected chi connectivity index (χ0v) is 10.4. The highest BCUT2D eigenvalue weighted by Gasteiger charge is 2.55. The summed E-state index contributed by atoms with van der Waals surface area (Å²) in [6.07, 6.45) is 3.47. The van der Waals surface area contributed by atoms with E-state index in [4.69, 9.17) is 4.74 Å². The van der Waals surface area contributed by atoms with E-state index in [-0.39, 0.29) is 6.10 Å². The summed E-state index contributed by atoms with van der Waals surface area (Å²) < 4.78 is 5.73. The van der Waals surface area contributed by atoms with E-state index in [1.165, 1.54) is 0 Å². The van der Waals surface area contributed by atoms with Crippen molar-refractivity contribution in [1.29, 1.82) is 0 Å². The molecule has 0 radical (unpaired) electrons. The molecule has 2 heterocycles. The first-order valence-electron chi connectivity index (χ1n) is 6.10. The predicted octanol–water partition coefficient (Wildman–Crippen LogP) is 2.56. The number of hydrogen-bond acceptors (Lipinski definition) is 3. The van der Waals surface area contributed by atoms with Crippen molar-refractivity contribution in [1.82, 2.24) is 0 Å². The molecule has 0 spiro atoms. The van der Waals surface area contributed by atoms with Gasteiger partial charge in [-0.3, -0.25) is 4.79 Å². The van der Waals surface area contributed by atoms with Gasteiger partial charge in [-0.25, -0.2) is 0 Å². The van der Waals surface area contributed by atoms with Crippen molar-refractivity contribution in [2.45, 2.75) is 31.8 Å². The summed E-state index contributed by atoms with van der Waals surface area (Å²) in [5, 5.41) is 11.6. The molecular weight excluding hydrogens is 236 g/mol. The van der Waals surface area contributed by atoms with Crippen LogP contribution in [0.1, 0.15) is 24.1 Å². The highest BCUT2D eigenvalue weighted by molar-refractivity contribution is 7.09. The van der Waals surface area contributed by atoms with E-state index in [1.807, 2.05) is 17.5 Å². The third kappa shape index (κ3) is 1.89. The van der Waals surface area contributed by atoms with Gasteiger partial charge in [0.1, 0.15) is 5.41 Å². The van der Waals surface area contributed by atoms with Gasteiger partial charge in [0.2, 0.25) is 0 Å². The molecule has 1 saturated carbocycles. The largest absolute Gasteiger partial charge is 0.481 e. The first-order chi connectivity index (χ1) is 8.22. The normalized spacial score (nSPS) is 32.8. The Labute approximate surface area is 104 Å². The molecule has 3 rings (SSSR count). The standard InChI is InChI=1S/C13H16O3S/c14-12(15)13(8-10-2-1-7-17-10)5-6-16-11(13)9-3-4-9/h1-2,7,9,11H,3-6,8H2,(H,14,15). The van der Waals surface area contributed by atoms with Gasteiger partial charge in [-0.15, -0.1) is 11.3 Å². The van der Waals surface area contributed by atoms with Crippen LogP contribution in [0, 0.1) is 11.3 Å². The molecular formula is C13H16O3S. The van der Waals surface area contributed by atoms with Crippen LogP contribution in [0.4, 0.5) is 0 Å². The Morgan fingerprint density at radius 2 is 2.41 bits per heavy atom. The summed E-state index contributed by atoms with van der Waals surface area (Å²) in [5.74, 6) is -0.200. The molecule has 4 heteroatoms. The van der Waals surface area contributed by atoms with Gasteiger partial charge in [0, 0.05) is 17.9 Å². The Kier molecular flexibility index (Phi) is 2.71. The van der Waals surface area contributed by atoms with Crippen LogP contribution in [0.2, 0.25) is 0 Å². The molecule has 1 saturated heterocycles. The van der Waals surface area contributed by atoms with E-state index in [0.29, 0.717) is 25.4 Å². The number of carboxylic acid groups (broad SMARTS) is 1. The summed E-state index contributed by atoms with van der Waals surface area (Å²) in [5.41, 5.74) is -0.675. The Morgan fingerprint density at radius 3 is 3.00 bits per heavy atom. The van der Waals surface area contributed by atoms with Crippen molar-refractivity contribution in [2.75, 3.05) is 6.61 Å². The lowest BCUT2D eigenvalue weighted by atomic mass is 9.75. The number of rotatable bonds is 4. The maximum Gasteiger partial charge on any atom is 0.312 e. The molecule has 0 aromatic carbocycles. The van der Waals surface area contributed by atoms with Gasteiger partial charge in [0.05, 0.1) is 6.10 Å². The average molecular weight is 252 g/mol. The van der Waals surface area contributed by atoms with Gasteiger partial charge < -0.3 is 9.84 Å². The first kappa shape index (κ1) is 11.2. The SMILES string of the molecule is O=C(O)C1(Cc2cccs2)CCOC1C1CC1. The summed E-state index contributed by atoms with van der Waals surface area (Å²) >= 11 is 1.64. The van der Waals surface area contributed by atoms with Gasteiger partial charge in [0.15, 0.2) is 0 Å². The topological polar surface area (TPSA) is 46.5 Å². The minimum Gasteiger partial charge on any atom is -0.481 e. The highest BCUT2D eigenvalue weighted by Crippen LogP contribution is 2.49. The van der Waals surface area contributed by atoms with Crippen molar-refractivity contribution in [3.8, 4) is 0 Å². The molecule has 1 aromatic rings. The van der Waals surface area contributed by atoms with E-state index >= 15 is 0 Å². The van der Waals surface area contributed by atoms with Crippen LogP contribution in [-0.2, 0) is 16.0 Å². The quantitative estimate of drug-likeness (QED) is 0.895. The fraction of sp³-hybridized carbons (Fsp3) is 0.615. The summed E-state index contributed by atoms with van der Waals surface area (Å²) in [6.45, 7) is 0.596. The van der Waals surface area contributed by atoms with Crippen LogP contribution >= 0.6 is 11.3 Å². The Balaban J connectivity index is 1.88. The maximum atomic E-state index is 11.7. The molecule has 1 aliphatic heterocycles. The second-order valence-corrected chi connectivity index (χ2v) is 6.13. The predicted molar refractivity (Wildman–Crippen MR) is 65.2 cm³/mol. The van der Waals surface area contributed by atoms with Crippen molar-refractivity contribution in [3.05, 3.63) is 22.4 Å². The Morgan fingerprint density at radius 1 is 1.59 bits per heavy atom. The second-order valence-electron chi connectivity index (χ2n) is 5.10. The lowest BCUT2D eigenvalue weighted by Gasteiger charge is -2.29. The van der Waals surface area contributed by atoms with E-state index in [2.05, 4.69) is 0 Å². The Hall–Kier alpha value is -0.870. The number of hydrogen-bond donors (Lipinski definition) is 1. The average Bonchev–Trinajstić information content (AvgIpc) is 2.86. The first-order valence-corrected chi connectivity index (χ1v) is 6.98. The number of aliphatic carboxylic acids is 1. The zero-order chi connectivity index (χ0) is 11.9. The third-order valence-corrected chi connectivity index (χ3v) is 4.81. The van der Waals surface area contributed by atoms with Crippen molar-refractivity contribution >= 4 is 17.3 Å². The van der Waals surface area contributed by atoms with Crippen LogP contribution < -0.4 is 0 Å². The summed E-state index contributed by atoms with van der Waals surface area (Å²) in [7, 11) is 0. The molecule has 2 atom stereocenters. The van der Waals surface area contributed by atoms with Gasteiger partial charge in [-0.05, 0) is 36.6 Å². The smallest absolute Gasteiger partial charge is 0.312 e. The number of thiophene rings is 1. The maximum absolute atomic E-state index is 11.7. The van der Waals surface area contributed by atoms with Gasteiger partial charge in [-0.1, -0.05) is 6.07 Å². The lowest BCUT2D eigenvalue weighted by Crippen LogP contribution is -2.42. The molecule has 1 aliphatic carbocycles. The molecule has 2 aliphatic rings. The molecule has 17 heavy (non-hydrogen) atoms. The molecule has 2 fully saturated rings. The van der Waals surface area contributed by atoms with E-state index in [9.17, 15) is 9.90 Å². The van der Waals surface area contributed by atoms with Crippen LogP contribution in [0.15, 0.2) is 17.5 Å². The number of ether oxygens (including phenoxy) is 1. The van der Waals surface area contributed by atoms with Gasteiger partial charge in [0.25, 0.3) is 0 Å². The van der Waals surface area contributed by atoms with Crippen LogP contribution in [-0.4, -0.2) is 23.8 Å². The van der Waals surface area contributed by atoms with Crippen LogP contribution in [0.3, 0.4) is 0 Å². The molecule has 92 valence electrons. The summed E-state index contributed by atoms with van der Waals surface area (Å²) in [6, 6.07) is 4.01. The van der Waals surface area contributed by atoms with E-state index < -0.39 is 11.4 Å². The van der Waals surface area contributed by atoms with Crippen molar-refractivity contribution in [2.24, 2.45) is 11.3 Å². The molecule has 1 aromatic heterocycles. The highest BCUT2D eigenvalue weighted by atomic mass is 32.1. The van der Waals surface area contributed by atoms with Gasteiger partial charge in [-0.2, -0.15) is 0 Å². The molecule has 0 amide bonds. The minimum atomic E-state index is -0.680. The van der Waals surface area contributed by atoms with Crippen LogP contribution in [0.25, 0.3) is 0 Å².